The maximum absolute atomic E-state index is 4.08. The van der Waals surface area contributed by atoms with E-state index in [1.807, 2.05) is 6.20 Å². The summed E-state index contributed by atoms with van der Waals surface area (Å²) in [7, 11) is 0. The number of nitrogens with zero attached hydrogens (tertiary/aromatic N) is 4. The maximum atomic E-state index is 4.08. The second-order valence-electron chi connectivity index (χ2n) is 2.20. The zero-order valence-electron chi connectivity index (χ0n) is 6.05. The zero-order chi connectivity index (χ0) is 8.39. The quantitative estimate of drug-likeness (QED) is 0.737. The van der Waals surface area contributed by atoms with Crippen LogP contribution in [0.1, 0.15) is 0 Å². The molecule has 0 bridgehead atoms. The molecule has 2 rings (SSSR count). The van der Waals surface area contributed by atoms with E-state index in [1.54, 1.807) is 23.3 Å². The highest BCUT2D eigenvalue weighted by Gasteiger charge is 1.97. The Kier molecular flexibility index (Phi) is 1.87. The molecule has 0 spiro atoms. The summed E-state index contributed by atoms with van der Waals surface area (Å²) in [6, 6.07) is 0. The van der Waals surface area contributed by atoms with E-state index in [0.717, 1.165) is 10.2 Å². The summed E-state index contributed by atoms with van der Waals surface area (Å²) in [6.45, 7) is 0. The summed E-state index contributed by atoms with van der Waals surface area (Å²) < 4.78 is 2.63. The molecule has 0 atom stereocenters. The first kappa shape index (κ1) is 7.42. The highest BCUT2D eigenvalue weighted by Crippen LogP contribution is 2.09. The van der Waals surface area contributed by atoms with Crippen molar-refractivity contribution in [3.63, 3.8) is 0 Å². The summed E-state index contributed by atoms with van der Waals surface area (Å²) >= 11 is 3.31. The molecule has 0 radical (unpaired) electrons. The van der Waals surface area contributed by atoms with E-state index in [0.29, 0.717) is 0 Å². The zero-order valence-corrected chi connectivity index (χ0v) is 7.64. The molecule has 0 saturated heterocycles. The van der Waals surface area contributed by atoms with Crippen LogP contribution in [0.4, 0.5) is 0 Å². The second-order valence-corrected chi connectivity index (χ2v) is 3.12. The van der Waals surface area contributed by atoms with E-state index in [-0.39, 0.29) is 0 Å². The normalized spacial score (nSPS) is 10.1. The smallest absolute Gasteiger partial charge is 0.115 e. The van der Waals surface area contributed by atoms with Gasteiger partial charge in [0.05, 0.1) is 23.1 Å². The van der Waals surface area contributed by atoms with Crippen LogP contribution < -0.4 is 0 Å². The minimum atomic E-state index is 0.850. The van der Waals surface area contributed by atoms with Crippen molar-refractivity contribution in [2.75, 3.05) is 0 Å². The van der Waals surface area contributed by atoms with Crippen molar-refractivity contribution in [1.29, 1.82) is 0 Å². The third kappa shape index (κ3) is 1.35. The largest absolute Gasteiger partial charge is 0.243 e. The van der Waals surface area contributed by atoms with Crippen LogP contribution in [0.25, 0.3) is 5.69 Å². The predicted molar refractivity (Wildman–Crippen MR) is 46.9 cm³/mol. The lowest BCUT2D eigenvalue weighted by molar-refractivity contribution is 0.863. The van der Waals surface area contributed by atoms with Crippen LogP contribution in [-0.2, 0) is 0 Å². The summed E-state index contributed by atoms with van der Waals surface area (Å²) in [4.78, 5) is 7.77. The Morgan fingerprint density at radius 3 is 2.50 bits per heavy atom. The molecule has 2 aromatic rings. The minimum Gasteiger partial charge on any atom is -0.243 e. The molecular weight excluding hydrogens is 220 g/mol. The Morgan fingerprint density at radius 1 is 1.17 bits per heavy atom. The molecule has 0 aliphatic rings. The molecule has 0 saturated carbocycles. The Hall–Kier alpha value is -1.23. The summed E-state index contributed by atoms with van der Waals surface area (Å²) in [5, 5.41) is 4.08. The van der Waals surface area contributed by atoms with Crippen molar-refractivity contribution < 1.29 is 0 Å². The first-order valence-electron chi connectivity index (χ1n) is 3.32. The van der Waals surface area contributed by atoms with Crippen LogP contribution in [0.2, 0.25) is 0 Å². The molecular formula is C7H5BrN4. The van der Waals surface area contributed by atoms with Gasteiger partial charge >= 0.3 is 0 Å². The van der Waals surface area contributed by atoms with Gasteiger partial charge < -0.3 is 0 Å². The molecule has 2 heterocycles. The predicted octanol–water partition coefficient (Wildman–Crippen LogP) is 1.42. The number of hydrogen-bond donors (Lipinski definition) is 0. The molecule has 0 unspecified atom stereocenters. The number of aromatic nitrogens is 4. The van der Waals surface area contributed by atoms with Crippen molar-refractivity contribution >= 4 is 15.9 Å². The minimum absolute atomic E-state index is 0.850. The van der Waals surface area contributed by atoms with E-state index in [9.17, 15) is 0 Å². The van der Waals surface area contributed by atoms with Crippen molar-refractivity contribution in [3.8, 4) is 5.69 Å². The fraction of sp³-hybridized carbons (Fsp3) is 0. The van der Waals surface area contributed by atoms with Crippen LogP contribution in [0.5, 0.6) is 0 Å². The topological polar surface area (TPSA) is 43.6 Å². The van der Waals surface area contributed by atoms with Crippen LogP contribution in [0.15, 0.2) is 35.6 Å². The lowest BCUT2D eigenvalue weighted by Gasteiger charge is -1.96. The van der Waals surface area contributed by atoms with E-state index in [2.05, 4.69) is 31.0 Å². The van der Waals surface area contributed by atoms with E-state index in [4.69, 9.17) is 0 Å². The van der Waals surface area contributed by atoms with Gasteiger partial charge in [-0.3, -0.25) is 0 Å². The maximum Gasteiger partial charge on any atom is 0.115 e. The average molecular weight is 225 g/mol. The SMILES string of the molecule is Brc1cnn(-c2cncnc2)c1. The molecule has 0 aliphatic heterocycles. The highest BCUT2D eigenvalue weighted by atomic mass is 79.9. The fourth-order valence-electron chi connectivity index (χ4n) is 0.852. The van der Waals surface area contributed by atoms with Crippen molar-refractivity contribution in [2.45, 2.75) is 0 Å². The summed E-state index contributed by atoms with van der Waals surface area (Å²) in [6.07, 6.45) is 8.45. The molecule has 0 amide bonds. The fourth-order valence-corrected chi connectivity index (χ4v) is 1.14. The molecule has 0 aromatic carbocycles. The Balaban J connectivity index is 2.45. The van der Waals surface area contributed by atoms with Crippen molar-refractivity contribution in [1.82, 2.24) is 19.7 Å². The molecule has 0 fully saturated rings. The van der Waals surface area contributed by atoms with Crippen LogP contribution in [0, 0.1) is 0 Å². The third-order valence-corrected chi connectivity index (χ3v) is 1.77. The van der Waals surface area contributed by atoms with Crippen LogP contribution in [0.3, 0.4) is 0 Å². The van der Waals surface area contributed by atoms with E-state index >= 15 is 0 Å². The van der Waals surface area contributed by atoms with Gasteiger partial charge in [0.15, 0.2) is 0 Å². The molecule has 12 heavy (non-hydrogen) atoms. The molecule has 0 N–H and O–H groups in total. The molecule has 60 valence electrons. The van der Waals surface area contributed by atoms with Crippen molar-refractivity contribution in [2.24, 2.45) is 0 Å². The Morgan fingerprint density at radius 2 is 1.92 bits per heavy atom. The van der Waals surface area contributed by atoms with Gasteiger partial charge in [0, 0.05) is 6.20 Å². The van der Waals surface area contributed by atoms with Crippen LogP contribution in [-0.4, -0.2) is 19.7 Å². The van der Waals surface area contributed by atoms with E-state index < -0.39 is 0 Å². The molecule has 2 aromatic heterocycles. The monoisotopic (exact) mass is 224 g/mol. The first-order valence-corrected chi connectivity index (χ1v) is 4.11. The first-order chi connectivity index (χ1) is 5.86. The Labute approximate surface area is 77.4 Å². The van der Waals surface area contributed by atoms with Gasteiger partial charge in [-0.05, 0) is 15.9 Å². The molecule has 0 aliphatic carbocycles. The second kappa shape index (κ2) is 3.02. The average Bonchev–Trinajstić information content (AvgIpc) is 2.54. The van der Waals surface area contributed by atoms with E-state index in [1.165, 1.54) is 6.33 Å². The molecule has 4 nitrogen and oxygen atoms in total. The number of halogens is 1. The highest BCUT2D eigenvalue weighted by molar-refractivity contribution is 9.10. The number of hydrogen-bond acceptors (Lipinski definition) is 3. The van der Waals surface area contributed by atoms with Gasteiger partial charge in [-0.2, -0.15) is 5.10 Å². The van der Waals surface area contributed by atoms with Gasteiger partial charge in [-0.15, -0.1) is 0 Å². The van der Waals surface area contributed by atoms with Gasteiger partial charge in [0.1, 0.15) is 12.0 Å². The van der Waals surface area contributed by atoms with Gasteiger partial charge in [-0.1, -0.05) is 0 Å². The number of rotatable bonds is 1. The van der Waals surface area contributed by atoms with Gasteiger partial charge in [0.2, 0.25) is 0 Å². The van der Waals surface area contributed by atoms with Gasteiger partial charge in [-0.25, -0.2) is 14.6 Å². The van der Waals surface area contributed by atoms with Crippen LogP contribution >= 0.6 is 15.9 Å². The molecule has 5 heteroatoms. The lowest BCUT2D eigenvalue weighted by Crippen LogP contribution is -1.94. The summed E-state index contributed by atoms with van der Waals surface area (Å²) in [5.41, 5.74) is 0.850. The van der Waals surface area contributed by atoms with Gasteiger partial charge in [0.25, 0.3) is 0 Å². The summed E-state index contributed by atoms with van der Waals surface area (Å²) in [5.74, 6) is 0. The standard InChI is InChI=1S/C7H5BrN4/c8-6-1-11-12(4-6)7-2-9-5-10-3-7/h1-5H. The van der Waals surface area contributed by atoms with Crippen molar-refractivity contribution in [3.05, 3.63) is 35.6 Å². The lowest BCUT2D eigenvalue weighted by atomic mass is 10.5. The Bertz CT molecular complexity index is 370. The third-order valence-electron chi connectivity index (χ3n) is 1.36.